The van der Waals surface area contributed by atoms with Gasteiger partial charge in [-0.15, -0.1) is 0 Å². The average Bonchev–Trinajstić information content (AvgIpc) is 2.89. The Bertz CT molecular complexity index is 1350. The van der Waals surface area contributed by atoms with Crippen molar-refractivity contribution < 1.29 is 18.0 Å². The standard InChI is InChI=1S/C29H34ClN3O4S/c1-21(2)18-31-29(35)23(4)32(19-24-10-6-5-7-11-24)28(34)20-33(26-12-8-9-22(3)17-26)38(36,37)27-15-13-25(30)14-16-27/h5-17,21,23H,18-20H2,1-4H3,(H,31,35). The molecule has 1 atom stereocenters. The number of benzene rings is 3. The van der Waals surface area contributed by atoms with Crippen LogP contribution in [0.5, 0.6) is 0 Å². The van der Waals surface area contributed by atoms with Crippen LogP contribution in [0.3, 0.4) is 0 Å². The van der Waals surface area contributed by atoms with Crippen molar-refractivity contribution in [3.8, 4) is 0 Å². The normalized spacial score (nSPS) is 12.2. The van der Waals surface area contributed by atoms with Crippen molar-refractivity contribution in [1.29, 1.82) is 0 Å². The zero-order valence-electron chi connectivity index (χ0n) is 22.1. The molecule has 1 unspecified atom stereocenters. The van der Waals surface area contributed by atoms with E-state index in [1.807, 2.05) is 57.2 Å². The molecule has 0 radical (unpaired) electrons. The lowest BCUT2D eigenvalue weighted by atomic mass is 10.1. The predicted octanol–water partition coefficient (Wildman–Crippen LogP) is 5.03. The van der Waals surface area contributed by atoms with Crippen LogP contribution in [-0.4, -0.2) is 44.3 Å². The van der Waals surface area contributed by atoms with Crippen LogP contribution in [0.4, 0.5) is 5.69 Å². The van der Waals surface area contributed by atoms with Crippen LogP contribution < -0.4 is 9.62 Å². The second-order valence-electron chi connectivity index (χ2n) is 9.63. The molecule has 3 aromatic rings. The highest BCUT2D eigenvalue weighted by Gasteiger charge is 2.32. The van der Waals surface area contributed by atoms with Crippen LogP contribution in [0.25, 0.3) is 0 Å². The Balaban J connectivity index is 2.00. The zero-order valence-corrected chi connectivity index (χ0v) is 23.7. The number of hydrogen-bond donors (Lipinski definition) is 1. The molecule has 0 saturated heterocycles. The molecule has 0 fully saturated rings. The number of anilines is 1. The van der Waals surface area contributed by atoms with Crippen molar-refractivity contribution in [2.45, 2.75) is 45.2 Å². The maximum absolute atomic E-state index is 13.9. The first-order valence-electron chi connectivity index (χ1n) is 12.4. The molecule has 0 spiro atoms. The van der Waals surface area contributed by atoms with Crippen molar-refractivity contribution in [1.82, 2.24) is 10.2 Å². The SMILES string of the molecule is Cc1cccc(N(CC(=O)N(Cc2ccccc2)C(C)C(=O)NCC(C)C)S(=O)(=O)c2ccc(Cl)cc2)c1. The Morgan fingerprint density at radius 2 is 1.58 bits per heavy atom. The minimum absolute atomic E-state index is 0.00791. The highest BCUT2D eigenvalue weighted by atomic mass is 35.5. The number of nitrogens with one attached hydrogen (secondary N) is 1. The third-order valence-electron chi connectivity index (χ3n) is 6.02. The molecular formula is C29H34ClN3O4S. The quantitative estimate of drug-likeness (QED) is 0.359. The smallest absolute Gasteiger partial charge is 0.264 e. The van der Waals surface area contributed by atoms with Crippen LogP contribution >= 0.6 is 11.6 Å². The summed E-state index contributed by atoms with van der Waals surface area (Å²) >= 11 is 5.98. The fourth-order valence-electron chi connectivity index (χ4n) is 3.86. The molecule has 3 rings (SSSR count). The Kier molecular flexibility index (Phi) is 9.94. The van der Waals surface area contributed by atoms with Gasteiger partial charge in [0.2, 0.25) is 11.8 Å². The van der Waals surface area contributed by atoms with Gasteiger partial charge in [-0.05, 0) is 67.3 Å². The maximum Gasteiger partial charge on any atom is 0.264 e. The van der Waals surface area contributed by atoms with Gasteiger partial charge in [-0.3, -0.25) is 13.9 Å². The second-order valence-corrected chi connectivity index (χ2v) is 11.9. The van der Waals surface area contributed by atoms with Gasteiger partial charge < -0.3 is 10.2 Å². The van der Waals surface area contributed by atoms with E-state index in [1.165, 1.54) is 29.2 Å². The summed E-state index contributed by atoms with van der Waals surface area (Å²) in [7, 11) is -4.13. The van der Waals surface area contributed by atoms with Crippen LogP contribution in [0.15, 0.2) is 83.8 Å². The van der Waals surface area contributed by atoms with Crippen molar-refractivity contribution >= 4 is 39.1 Å². The largest absolute Gasteiger partial charge is 0.354 e. The summed E-state index contributed by atoms with van der Waals surface area (Å²) in [4.78, 5) is 28.3. The molecule has 0 aromatic heterocycles. The number of aryl methyl sites for hydroxylation is 1. The number of rotatable bonds is 11. The van der Waals surface area contributed by atoms with Crippen LogP contribution in [0.1, 0.15) is 31.9 Å². The highest BCUT2D eigenvalue weighted by Crippen LogP contribution is 2.26. The molecule has 0 aliphatic heterocycles. The summed E-state index contributed by atoms with van der Waals surface area (Å²) in [6.07, 6.45) is 0. The van der Waals surface area contributed by atoms with E-state index in [2.05, 4.69) is 5.32 Å². The third kappa shape index (κ3) is 7.58. The van der Waals surface area contributed by atoms with Gasteiger partial charge in [-0.2, -0.15) is 0 Å². The van der Waals surface area contributed by atoms with Crippen LogP contribution in [0.2, 0.25) is 5.02 Å². The molecular weight excluding hydrogens is 522 g/mol. The Morgan fingerprint density at radius 3 is 2.18 bits per heavy atom. The van der Waals surface area contributed by atoms with E-state index in [4.69, 9.17) is 11.6 Å². The van der Waals surface area contributed by atoms with Crippen LogP contribution in [-0.2, 0) is 26.2 Å². The molecule has 1 N–H and O–H groups in total. The lowest BCUT2D eigenvalue weighted by molar-refractivity contribution is -0.139. The molecule has 7 nitrogen and oxygen atoms in total. The predicted molar refractivity (Wildman–Crippen MR) is 151 cm³/mol. The Hall–Kier alpha value is -3.36. The topological polar surface area (TPSA) is 86.8 Å². The maximum atomic E-state index is 13.9. The summed E-state index contributed by atoms with van der Waals surface area (Å²) in [5.74, 6) is -0.559. The minimum Gasteiger partial charge on any atom is -0.354 e. The molecule has 202 valence electrons. The zero-order chi connectivity index (χ0) is 27.9. The highest BCUT2D eigenvalue weighted by molar-refractivity contribution is 7.92. The fourth-order valence-corrected chi connectivity index (χ4v) is 5.39. The molecule has 2 amide bonds. The van der Waals surface area contributed by atoms with Gasteiger partial charge in [-0.1, -0.05) is 67.9 Å². The van der Waals surface area contributed by atoms with E-state index in [0.717, 1.165) is 15.4 Å². The second kappa shape index (κ2) is 12.9. The number of hydrogen-bond acceptors (Lipinski definition) is 4. The molecule has 0 heterocycles. The monoisotopic (exact) mass is 555 g/mol. The van der Waals surface area contributed by atoms with Gasteiger partial charge in [0.1, 0.15) is 12.6 Å². The van der Waals surface area contributed by atoms with E-state index < -0.39 is 28.5 Å². The van der Waals surface area contributed by atoms with Gasteiger partial charge in [0.05, 0.1) is 10.6 Å². The lowest BCUT2D eigenvalue weighted by Crippen LogP contribution is -2.51. The summed E-state index contributed by atoms with van der Waals surface area (Å²) < 4.78 is 28.7. The fraction of sp³-hybridized carbons (Fsp3) is 0.310. The number of halogens is 1. The number of sulfonamides is 1. The molecule has 3 aromatic carbocycles. The van der Waals surface area contributed by atoms with E-state index in [0.29, 0.717) is 17.3 Å². The van der Waals surface area contributed by atoms with Gasteiger partial charge >= 0.3 is 0 Å². The summed E-state index contributed by atoms with van der Waals surface area (Å²) in [5, 5.41) is 3.28. The van der Waals surface area contributed by atoms with Gasteiger partial charge in [0.15, 0.2) is 0 Å². The minimum atomic E-state index is -4.13. The van der Waals surface area contributed by atoms with Crippen molar-refractivity contribution in [2.75, 3.05) is 17.4 Å². The first-order valence-corrected chi connectivity index (χ1v) is 14.3. The van der Waals surface area contributed by atoms with E-state index in [-0.39, 0.29) is 23.3 Å². The molecule has 0 aliphatic carbocycles. The molecule has 0 aliphatic rings. The first kappa shape index (κ1) is 29.2. The molecule has 0 saturated carbocycles. The van der Waals surface area contributed by atoms with E-state index in [9.17, 15) is 18.0 Å². The van der Waals surface area contributed by atoms with Crippen molar-refractivity contribution in [2.24, 2.45) is 5.92 Å². The van der Waals surface area contributed by atoms with Crippen LogP contribution in [0, 0.1) is 12.8 Å². The van der Waals surface area contributed by atoms with Crippen molar-refractivity contribution in [3.63, 3.8) is 0 Å². The van der Waals surface area contributed by atoms with E-state index in [1.54, 1.807) is 25.1 Å². The number of nitrogens with zero attached hydrogens (tertiary/aromatic N) is 2. The van der Waals surface area contributed by atoms with E-state index >= 15 is 0 Å². The summed E-state index contributed by atoms with van der Waals surface area (Å²) in [6, 6.07) is 21.2. The summed E-state index contributed by atoms with van der Waals surface area (Å²) in [6.45, 7) is 7.61. The Labute approximate surface area is 230 Å². The Morgan fingerprint density at radius 1 is 0.921 bits per heavy atom. The van der Waals surface area contributed by atoms with Gasteiger partial charge in [0, 0.05) is 18.1 Å². The summed E-state index contributed by atoms with van der Waals surface area (Å²) in [5.41, 5.74) is 2.02. The third-order valence-corrected chi connectivity index (χ3v) is 8.06. The first-order chi connectivity index (χ1) is 18.0. The lowest BCUT2D eigenvalue weighted by Gasteiger charge is -2.32. The number of carbonyl (C=O) groups is 2. The molecule has 38 heavy (non-hydrogen) atoms. The molecule has 9 heteroatoms. The van der Waals surface area contributed by atoms with Crippen molar-refractivity contribution in [3.05, 3.63) is 95.0 Å². The van der Waals surface area contributed by atoms with Gasteiger partial charge in [0.25, 0.3) is 10.0 Å². The number of carbonyl (C=O) groups excluding carboxylic acids is 2. The average molecular weight is 556 g/mol. The van der Waals surface area contributed by atoms with Gasteiger partial charge in [-0.25, -0.2) is 8.42 Å². The number of amides is 2. The molecule has 0 bridgehead atoms.